The summed E-state index contributed by atoms with van der Waals surface area (Å²) >= 11 is 6.90. The molecule has 0 radical (unpaired) electrons. The number of nitrogens with one attached hydrogen (secondary N) is 1. The van der Waals surface area contributed by atoms with Crippen LogP contribution in [0.2, 0.25) is 5.02 Å². The minimum Gasteiger partial charge on any atom is -0.484 e. The lowest BCUT2D eigenvalue weighted by Crippen LogP contribution is -2.44. The number of thioether (sulfide) groups is 1. The van der Waals surface area contributed by atoms with Gasteiger partial charge in [-0.1, -0.05) is 29.8 Å². The van der Waals surface area contributed by atoms with Crippen LogP contribution >= 0.6 is 23.4 Å². The Morgan fingerprint density at radius 3 is 2.50 bits per heavy atom. The first-order valence-corrected chi connectivity index (χ1v) is 12.8. The zero-order chi connectivity index (χ0) is 25.7. The van der Waals surface area contributed by atoms with Crippen LogP contribution in [0.5, 0.6) is 5.75 Å². The molecule has 2 heterocycles. The fraction of sp³-hybridized carbons (Fsp3) is 0.308. The molecule has 0 saturated carbocycles. The Balaban J connectivity index is 1.30. The number of nitrogens with zero attached hydrogens (tertiary/aromatic N) is 2. The lowest BCUT2D eigenvalue weighted by molar-refractivity contribution is -0.136. The Kier molecular flexibility index (Phi) is 8.32. The average molecular weight is 528 g/mol. The van der Waals surface area contributed by atoms with Crippen LogP contribution < -0.4 is 10.1 Å². The Morgan fingerprint density at radius 2 is 1.81 bits per heavy atom. The van der Waals surface area contributed by atoms with Gasteiger partial charge in [0.1, 0.15) is 12.3 Å². The van der Waals surface area contributed by atoms with Crippen LogP contribution in [0.25, 0.3) is 6.08 Å². The van der Waals surface area contributed by atoms with E-state index in [0.29, 0.717) is 35.1 Å². The van der Waals surface area contributed by atoms with Crippen LogP contribution in [0.4, 0.5) is 10.5 Å². The summed E-state index contributed by atoms with van der Waals surface area (Å²) in [5.74, 6) is -0.519. The summed E-state index contributed by atoms with van der Waals surface area (Å²) in [6, 6.07) is 12.0. The molecule has 0 spiro atoms. The molecule has 0 bridgehead atoms. The molecule has 0 atom stereocenters. The molecule has 2 aromatic carbocycles. The second kappa shape index (κ2) is 11.6. The highest BCUT2D eigenvalue weighted by Gasteiger charge is 2.37. The summed E-state index contributed by atoms with van der Waals surface area (Å²) < 4.78 is 5.53. The zero-order valence-corrected chi connectivity index (χ0v) is 21.4. The second-order valence-electron chi connectivity index (χ2n) is 8.58. The number of halogens is 1. The van der Waals surface area contributed by atoms with Crippen molar-refractivity contribution >= 4 is 58.1 Å². The first-order chi connectivity index (χ1) is 17.3. The maximum atomic E-state index is 12.7. The summed E-state index contributed by atoms with van der Waals surface area (Å²) in [4.78, 5) is 52.7. The van der Waals surface area contributed by atoms with Crippen molar-refractivity contribution in [2.45, 2.75) is 26.2 Å². The largest absolute Gasteiger partial charge is 0.484 e. The Bertz CT molecular complexity index is 1210. The van der Waals surface area contributed by atoms with Gasteiger partial charge in [-0.2, -0.15) is 0 Å². The Labute approximate surface area is 218 Å². The van der Waals surface area contributed by atoms with Crippen LogP contribution in [-0.2, 0) is 14.4 Å². The molecule has 10 heteroatoms. The summed E-state index contributed by atoms with van der Waals surface area (Å²) in [5, 5.41) is 2.84. The van der Waals surface area contributed by atoms with E-state index in [4.69, 9.17) is 16.3 Å². The maximum Gasteiger partial charge on any atom is 0.294 e. The van der Waals surface area contributed by atoms with Crippen molar-refractivity contribution in [1.82, 2.24) is 9.80 Å². The number of carbonyl (C=O) groups excluding carboxylic acids is 4. The van der Waals surface area contributed by atoms with E-state index < -0.39 is 11.1 Å². The van der Waals surface area contributed by atoms with E-state index in [9.17, 15) is 19.2 Å². The van der Waals surface area contributed by atoms with E-state index in [1.54, 1.807) is 47.4 Å². The molecular formula is C26H26ClN3O5S. The van der Waals surface area contributed by atoms with Crippen LogP contribution in [0, 0.1) is 6.92 Å². The number of hydrogen-bond donors (Lipinski definition) is 1. The lowest BCUT2D eigenvalue weighted by atomic mass is 10.1. The third kappa shape index (κ3) is 6.47. The van der Waals surface area contributed by atoms with Crippen LogP contribution in [0.3, 0.4) is 0 Å². The van der Waals surface area contributed by atoms with E-state index in [0.717, 1.165) is 41.5 Å². The zero-order valence-electron chi connectivity index (χ0n) is 19.8. The van der Waals surface area contributed by atoms with Crippen molar-refractivity contribution < 1.29 is 23.9 Å². The van der Waals surface area contributed by atoms with Gasteiger partial charge in [0.25, 0.3) is 17.1 Å². The number of piperidine rings is 1. The van der Waals surface area contributed by atoms with Gasteiger partial charge in [0.15, 0.2) is 6.61 Å². The number of benzene rings is 2. The number of hydrogen-bond acceptors (Lipinski definition) is 6. The topological polar surface area (TPSA) is 96.0 Å². The fourth-order valence-corrected chi connectivity index (χ4v) is 4.86. The summed E-state index contributed by atoms with van der Waals surface area (Å²) in [6.07, 6.45) is 4.58. The number of likely N-dealkylation sites (tertiary alicyclic amines) is 1. The van der Waals surface area contributed by atoms with Crippen LogP contribution in [0.1, 0.15) is 30.4 Å². The molecular weight excluding hydrogens is 502 g/mol. The predicted octanol–water partition coefficient (Wildman–Crippen LogP) is 4.71. The smallest absolute Gasteiger partial charge is 0.294 e. The van der Waals surface area contributed by atoms with E-state index in [-0.39, 0.29) is 29.9 Å². The number of ether oxygens (including phenoxy) is 1. The van der Waals surface area contributed by atoms with Crippen molar-refractivity contribution in [1.29, 1.82) is 0 Å². The molecule has 0 unspecified atom stereocenters. The van der Waals surface area contributed by atoms with Crippen molar-refractivity contribution in [3.05, 3.63) is 63.5 Å². The van der Waals surface area contributed by atoms with Gasteiger partial charge in [0.05, 0.1) is 4.91 Å². The third-order valence-electron chi connectivity index (χ3n) is 5.88. The van der Waals surface area contributed by atoms with Gasteiger partial charge in [0.2, 0.25) is 5.91 Å². The molecule has 2 aromatic rings. The molecule has 2 aliphatic rings. The molecule has 2 fully saturated rings. The molecule has 36 heavy (non-hydrogen) atoms. The predicted molar refractivity (Wildman–Crippen MR) is 140 cm³/mol. The van der Waals surface area contributed by atoms with E-state index in [1.807, 2.05) is 13.0 Å². The van der Waals surface area contributed by atoms with E-state index >= 15 is 0 Å². The molecule has 4 amide bonds. The van der Waals surface area contributed by atoms with Crippen molar-refractivity contribution in [2.75, 3.05) is 31.6 Å². The van der Waals surface area contributed by atoms with Gasteiger partial charge in [-0.25, -0.2) is 0 Å². The van der Waals surface area contributed by atoms with Crippen molar-refractivity contribution in [2.24, 2.45) is 0 Å². The highest BCUT2D eigenvalue weighted by atomic mass is 35.5. The summed E-state index contributed by atoms with van der Waals surface area (Å²) in [5.41, 5.74) is 2.19. The number of amides is 4. The molecule has 1 N–H and O–H groups in total. The third-order valence-corrected chi connectivity index (χ3v) is 7.19. The number of anilines is 1. The average Bonchev–Trinajstić information content (AvgIpc) is 3.13. The number of rotatable bonds is 7. The molecule has 0 aromatic heterocycles. The van der Waals surface area contributed by atoms with Gasteiger partial charge in [-0.3, -0.25) is 24.1 Å². The minimum absolute atomic E-state index is 0.186. The van der Waals surface area contributed by atoms with Gasteiger partial charge in [-0.05, 0) is 79.4 Å². The molecule has 0 aliphatic carbocycles. The second-order valence-corrected chi connectivity index (χ2v) is 9.98. The normalized spacial score (nSPS) is 17.0. The van der Waals surface area contributed by atoms with Crippen LogP contribution in [-0.4, -0.2) is 59.0 Å². The highest BCUT2D eigenvalue weighted by molar-refractivity contribution is 8.18. The number of imide groups is 1. The Morgan fingerprint density at radius 1 is 1.08 bits per heavy atom. The van der Waals surface area contributed by atoms with Crippen LogP contribution in [0.15, 0.2) is 47.4 Å². The quantitative estimate of drug-likeness (QED) is 0.524. The molecule has 2 aliphatic heterocycles. The Hall–Kier alpha value is -3.30. The fourth-order valence-electron chi connectivity index (χ4n) is 3.84. The van der Waals surface area contributed by atoms with Gasteiger partial charge < -0.3 is 15.0 Å². The molecule has 4 rings (SSSR count). The van der Waals surface area contributed by atoms with E-state index in [1.165, 1.54) is 0 Å². The SMILES string of the molecule is Cc1ccc(NC(=O)COc2ccc(/C=C3\SC(=O)N(CC(=O)N4CCCCC4)C3=O)cc2)cc1Cl. The first kappa shape index (κ1) is 25.8. The molecule has 2 saturated heterocycles. The summed E-state index contributed by atoms with van der Waals surface area (Å²) in [6.45, 7) is 2.80. The van der Waals surface area contributed by atoms with Crippen molar-refractivity contribution in [3.63, 3.8) is 0 Å². The molecule has 188 valence electrons. The van der Waals surface area contributed by atoms with Gasteiger partial charge in [-0.15, -0.1) is 0 Å². The van der Waals surface area contributed by atoms with Crippen molar-refractivity contribution in [3.8, 4) is 5.75 Å². The summed E-state index contributed by atoms with van der Waals surface area (Å²) in [7, 11) is 0. The molecule has 8 nitrogen and oxygen atoms in total. The minimum atomic E-state index is -0.469. The monoisotopic (exact) mass is 527 g/mol. The lowest BCUT2D eigenvalue weighted by Gasteiger charge is -2.27. The van der Waals surface area contributed by atoms with E-state index in [2.05, 4.69) is 5.32 Å². The number of aryl methyl sites for hydroxylation is 1. The first-order valence-electron chi connectivity index (χ1n) is 11.6. The van der Waals surface area contributed by atoms with Gasteiger partial charge in [0, 0.05) is 23.8 Å². The number of carbonyl (C=O) groups is 4. The van der Waals surface area contributed by atoms with Gasteiger partial charge >= 0.3 is 0 Å². The highest BCUT2D eigenvalue weighted by Crippen LogP contribution is 2.32. The maximum absolute atomic E-state index is 12.7. The standard InChI is InChI=1S/C26H26ClN3O5S/c1-17-5-8-19(14-21(17)27)28-23(31)16-35-20-9-6-18(7-10-20)13-22-25(33)30(26(34)36-22)15-24(32)29-11-3-2-4-12-29/h5-10,13-14H,2-4,11-12,15-16H2,1H3,(H,28,31)/b22-13-.